The highest BCUT2D eigenvalue weighted by Gasteiger charge is 2.14. The molecule has 114 valence electrons. The first-order valence-corrected chi connectivity index (χ1v) is 7.97. The fourth-order valence-corrected chi connectivity index (χ4v) is 3.13. The van der Waals surface area contributed by atoms with E-state index in [-0.39, 0.29) is 10.6 Å². The second-order valence-corrected chi connectivity index (χ2v) is 5.88. The zero-order valence-electron chi connectivity index (χ0n) is 11.9. The lowest BCUT2D eigenvalue weighted by atomic mass is 10.2. The number of para-hydroxylation sites is 1. The minimum Gasteiger partial charge on any atom is -0.490 e. The molecule has 0 radical (unpaired) electrons. The SMILES string of the molecule is O=[N+]([O-])c1ccccc1CSc1ccc2c(c1)OCCCO2. The Bertz CT molecular complexity index is 690. The van der Waals surface area contributed by atoms with Crippen molar-refractivity contribution < 1.29 is 14.4 Å². The summed E-state index contributed by atoms with van der Waals surface area (Å²) in [4.78, 5) is 11.7. The average molecular weight is 317 g/mol. The molecular weight excluding hydrogens is 302 g/mol. The van der Waals surface area contributed by atoms with Gasteiger partial charge in [0.15, 0.2) is 11.5 Å². The standard InChI is InChI=1S/C16H15NO4S/c18-17(19)14-5-2-1-4-12(14)11-22-13-6-7-15-16(10-13)21-9-3-8-20-15/h1-2,4-7,10H,3,8-9,11H2. The van der Waals surface area contributed by atoms with E-state index in [0.717, 1.165) is 22.8 Å². The molecule has 2 aromatic carbocycles. The van der Waals surface area contributed by atoms with Crippen LogP contribution < -0.4 is 9.47 Å². The zero-order chi connectivity index (χ0) is 15.4. The molecule has 2 aromatic rings. The number of ether oxygens (including phenoxy) is 2. The van der Waals surface area contributed by atoms with Gasteiger partial charge < -0.3 is 9.47 Å². The van der Waals surface area contributed by atoms with E-state index < -0.39 is 0 Å². The highest BCUT2D eigenvalue weighted by atomic mass is 32.2. The third kappa shape index (κ3) is 3.33. The van der Waals surface area contributed by atoms with Crippen LogP contribution >= 0.6 is 11.8 Å². The summed E-state index contributed by atoms with van der Waals surface area (Å²) in [5.41, 5.74) is 0.869. The maximum absolute atomic E-state index is 11.0. The van der Waals surface area contributed by atoms with Gasteiger partial charge in [-0.3, -0.25) is 10.1 Å². The number of benzene rings is 2. The van der Waals surface area contributed by atoms with Gasteiger partial charge in [-0.1, -0.05) is 18.2 Å². The molecular formula is C16H15NO4S. The Morgan fingerprint density at radius 2 is 1.86 bits per heavy atom. The smallest absolute Gasteiger partial charge is 0.273 e. The molecule has 0 N–H and O–H groups in total. The first-order valence-electron chi connectivity index (χ1n) is 6.99. The largest absolute Gasteiger partial charge is 0.490 e. The van der Waals surface area contributed by atoms with E-state index >= 15 is 0 Å². The monoisotopic (exact) mass is 317 g/mol. The minimum atomic E-state index is -0.343. The average Bonchev–Trinajstić information content (AvgIpc) is 2.77. The summed E-state index contributed by atoms with van der Waals surface area (Å²) in [5, 5.41) is 11.0. The van der Waals surface area contributed by atoms with Crippen LogP contribution in [0.5, 0.6) is 11.5 Å². The molecule has 0 bridgehead atoms. The molecule has 3 rings (SSSR count). The molecule has 22 heavy (non-hydrogen) atoms. The van der Waals surface area contributed by atoms with E-state index in [1.807, 2.05) is 24.3 Å². The van der Waals surface area contributed by atoms with E-state index in [1.165, 1.54) is 6.07 Å². The molecule has 0 aliphatic carbocycles. The second kappa shape index (κ2) is 6.70. The van der Waals surface area contributed by atoms with Gasteiger partial charge in [0.05, 0.1) is 18.1 Å². The van der Waals surface area contributed by atoms with Crippen molar-refractivity contribution in [1.82, 2.24) is 0 Å². The lowest BCUT2D eigenvalue weighted by Gasteiger charge is -2.09. The molecule has 1 aliphatic rings. The van der Waals surface area contributed by atoms with Crippen LogP contribution in [0.15, 0.2) is 47.4 Å². The van der Waals surface area contributed by atoms with E-state index in [4.69, 9.17) is 9.47 Å². The van der Waals surface area contributed by atoms with Crippen LogP contribution in [0.3, 0.4) is 0 Å². The van der Waals surface area contributed by atoms with Crippen molar-refractivity contribution in [1.29, 1.82) is 0 Å². The summed E-state index contributed by atoms with van der Waals surface area (Å²) in [7, 11) is 0. The number of thioether (sulfide) groups is 1. The van der Waals surface area contributed by atoms with Gasteiger partial charge in [0, 0.05) is 28.7 Å². The second-order valence-electron chi connectivity index (χ2n) is 4.83. The van der Waals surface area contributed by atoms with Crippen LogP contribution in [-0.2, 0) is 5.75 Å². The first kappa shape index (κ1) is 14.7. The number of nitro benzene ring substituents is 1. The fourth-order valence-electron chi connectivity index (χ4n) is 2.21. The summed E-state index contributed by atoms with van der Waals surface area (Å²) < 4.78 is 11.2. The van der Waals surface area contributed by atoms with Crippen molar-refractivity contribution in [3.8, 4) is 11.5 Å². The summed E-state index contributed by atoms with van der Waals surface area (Å²) >= 11 is 1.54. The first-order chi connectivity index (χ1) is 10.7. The number of fused-ring (bicyclic) bond motifs is 1. The molecule has 0 aromatic heterocycles. The molecule has 6 heteroatoms. The minimum absolute atomic E-state index is 0.157. The van der Waals surface area contributed by atoms with Gasteiger partial charge in [0.25, 0.3) is 5.69 Å². The molecule has 0 unspecified atom stereocenters. The van der Waals surface area contributed by atoms with Crippen LogP contribution in [0.4, 0.5) is 5.69 Å². The lowest BCUT2D eigenvalue weighted by Crippen LogP contribution is -1.97. The topological polar surface area (TPSA) is 61.6 Å². The highest BCUT2D eigenvalue weighted by molar-refractivity contribution is 7.98. The molecule has 0 spiro atoms. The fraction of sp³-hybridized carbons (Fsp3) is 0.250. The molecule has 0 saturated carbocycles. The number of hydrogen-bond donors (Lipinski definition) is 0. The quantitative estimate of drug-likeness (QED) is 0.483. The predicted molar refractivity (Wildman–Crippen MR) is 84.7 cm³/mol. The molecule has 0 atom stereocenters. The van der Waals surface area contributed by atoms with Crippen molar-refractivity contribution in [3.63, 3.8) is 0 Å². The maximum Gasteiger partial charge on any atom is 0.273 e. The Hall–Kier alpha value is -2.21. The third-order valence-corrected chi connectivity index (χ3v) is 4.34. The van der Waals surface area contributed by atoms with Crippen LogP contribution in [0.2, 0.25) is 0 Å². The van der Waals surface area contributed by atoms with Gasteiger partial charge in [-0.05, 0) is 18.2 Å². The van der Waals surface area contributed by atoms with E-state index in [0.29, 0.717) is 24.5 Å². The summed E-state index contributed by atoms with van der Waals surface area (Å²) in [6.07, 6.45) is 0.868. The highest BCUT2D eigenvalue weighted by Crippen LogP contribution is 2.35. The maximum atomic E-state index is 11.0. The van der Waals surface area contributed by atoms with Gasteiger partial charge in [-0.2, -0.15) is 0 Å². The molecule has 1 aliphatic heterocycles. The van der Waals surface area contributed by atoms with Gasteiger partial charge >= 0.3 is 0 Å². The van der Waals surface area contributed by atoms with Crippen molar-refractivity contribution >= 4 is 17.4 Å². The lowest BCUT2D eigenvalue weighted by molar-refractivity contribution is -0.385. The Labute approximate surface area is 132 Å². The van der Waals surface area contributed by atoms with Gasteiger partial charge in [0.1, 0.15) is 0 Å². The van der Waals surface area contributed by atoms with Gasteiger partial charge in [-0.15, -0.1) is 11.8 Å². The summed E-state index contributed by atoms with van der Waals surface area (Å²) in [6, 6.07) is 12.6. The van der Waals surface area contributed by atoms with E-state index in [1.54, 1.807) is 23.9 Å². The van der Waals surface area contributed by atoms with Crippen LogP contribution in [-0.4, -0.2) is 18.1 Å². The third-order valence-electron chi connectivity index (χ3n) is 3.30. The molecule has 0 fully saturated rings. The van der Waals surface area contributed by atoms with Crippen molar-refractivity contribution in [2.75, 3.05) is 13.2 Å². The Balaban J connectivity index is 1.74. The number of nitro groups is 1. The van der Waals surface area contributed by atoms with E-state index in [9.17, 15) is 10.1 Å². The normalized spacial score (nSPS) is 13.5. The van der Waals surface area contributed by atoms with Crippen molar-refractivity contribution in [3.05, 3.63) is 58.1 Å². The molecule has 0 amide bonds. The van der Waals surface area contributed by atoms with Crippen molar-refractivity contribution in [2.24, 2.45) is 0 Å². The van der Waals surface area contributed by atoms with Crippen LogP contribution in [0.1, 0.15) is 12.0 Å². The Kier molecular flexibility index (Phi) is 4.48. The summed E-state index contributed by atoms with van der Waals surface area (Å²) in [6.45, 7) is 1.31. The molecule has 1 heterocycles. The van der Waals surface area contributed by atoms with Crippen molar-refractivity contribution in [2.45, 2.75) is 17.1 Å². The number of nitrogens with zero attached hydrogens (tertiary/aromatic N) is 1. The molecule has 5 nitrogen and oxygen atoms in total. The summed E-state index contributed by atoms with van der Waals surface area (Å²) in [5.74, 6) is 2.04. The predicted octanol–water partition coefficient (Wildman–Crippen LogP) is 4.05. The molecule has 0 saturated heterocycles. The Morgan fingerprint density at radius 1 is 1.09 bits per heavy atom. The van der Waals surface area contributed by atoms with Gasteiger partial charge in [0.2, 0.25) is 0 Å². The van der Waals surface area contributed by atoms with E-state index in [2.05, 4.69) is 0 Å². The van der Waals surface area contributed by atoms with Crippen LogP contribution in [0, 0.1) is 10.1 Å². The number of hydrogen-bond acceptors (Lipinski definition) is 5. The number of rotatable bonds is 4. The Morgan fingerprint density at radius 3 is 2.68 bits per heavy atom. The van der Waals surface area contributed by atoms with Gasteiger partial charge in [-0.25, -0.2) is 0 Å². The van der Waals surface area contributed by atoms with Crippen LogP contribution in [0.25, 0.3) is 0 Å². The zero-order valence-corrected chi connectivity index (χ0v) is 12.7.